The number of carboxylic acids is 1. The molecule has 2 atom stereocenters. The molecule has 5 heteroatoms. The number of likely N-dealkylation sites (tertiary alicyclic amines) is 1. The van der Waals surface area contributed by atoms with Gasteiger partial charge in [-0.3, -0.25) is 9.59 Å². The summed E-state index contributed by atoms with van der Waals surface area (Å²) in [7, 11) is 1.62. The van der Waals surface area contributed by atoms with E-state index < -0.39 is 11.9 Å². The molecule has 1 fully saturated rings. The van der Waals surface area contributed by atoms with Crippen LogP contribution in [0, 0.1) is 5.92 Å². The van der Waals surface area contributed by atoms with Gasteiger partial charge in [0.1, 0.15) is 5.75 Å². The van der Waals surface area contributed by atoms with Crippen molar-refractivity contribution in [2.24, 2.45) is 5.92 Å². The summed E-state index contributed by atoms with van der Waals surface area (Å²) in [5.74, 6) is -0.405. The fraction of sp³-hybridized carbons (Fsp3) is 0.529. The highest BCUT2D eigenvalue weighted by Gasteiger charge is 2.29. The van der Waals surface area contributed by atoms with E-state index in [1.165, 1.54) is 0 Å². The Hall–Kier alpha value is -2.04. The van der Waals surface area contributed by atoms with Crippen LogP contribution in [0.3, 0.4) is 0 Å². The second-order valence-electron chi connectivity index (χ2n) is 5.86. The normalized spacial score (nSPS) is 19.5. The molecule has 1 aromatic rings. The smallest absolute Gasteiger partial charge is 0.308 e. The van der Waals surface area contributed by atoms with Crippen LogP contribution in [-0.4, -0.2) is 42.1 Å². The van der Waals surface area contributed by atoms with Gasteiger partial charge in [-0.25, -0.2) is 0 Å². The maximum Gasteiger partial charge on any atom is 0.308 e. The molecule has 1 aromatic carbocycles. The van der Waals surface area contributed by atoms with E-state index in [4.69, 9.17) is 9.84 Å². The second kappa shape index (κ2) is 7.29. The van der Waals surface area contributed by atoms with Crippen molar-refractivity contribution in [3.8, 4) is 5.75 Å². The summed E-state index contributed by atoms with van der Waals surface area (Å²) in [6.07, 6.45) is 1.78. The van der Waals surface area contributed by atoms with E-state index in [1.54, 1.807) is 12.0 Å². The fourth-order valence-corrected chi connectivity index (χ4v) is 2.98. The number of ether oxygens (including phenoxy) is 1. The number of piperidine rings is 1. The van der Waals surface area contributed by atoms with E-state index in [-0.39, 0.29) is 11.8 Å². The first-order valence-electron chi connectivity index (χ1n) is 7.66. The molecule has 1 amide bonds. The van der Waals surface area contributed by atoms with Gasteiger partial charge >= 0.3 is 5.97 Å². The lowest BCUT2D eigenvalue weighted by atomic mass is 9.94. The Balaban J connectivity index is 2.00. The summed E-state index contributed by atoms with van der Waals surface area (Å²) in [5.41, 5.74) is 1.00. The maximum atomic E-state index is 12.4. The standard InChI is InChI=1S/C17H23NO4/c1-12(14-7-3-4-8-15(14)22-2)10-16(19)18-9-5-6-13(11-18)17(20)21/h3-4,7-8,12-13H,5-6,9-11H2,1-2H3,(H,20,21). The van der Waals surface area contributed by atoms with Crippen molar-refractivity contribution >= 4 is 11.9 Å². The zero-order chi connectivity index (χ0) is 16.1. The number of benzene rings is 1. The summed E-state index contributed by atoms with van der Waals surface area (Å²) < 4.78 is 5.34. The lowest BCUT2D eigenvalue weighted by molar-refractivity contribution is -0.145. The Morgan fingerprint density at radius 1 is 1.41 bits per heavy atom. The number of methoxy groups -OCH3 is 1. The van der Waals surface area contributed by atoms with Crippen molar-refractivity contribution in [2.45, 2.75) is 32.1 Å². The monoisotopic (exact) mass is 305 g/mol. The number of aliphatic carboxylic acids is 1. The minimum atomic E-state index is -0.810. The lowest BCUT2D eigenvalue weighted by Crippen LogP contribution is -2.42. The number of hydrogen-bond acceptors (Lipinski definition) is 3. The molecule has 2 unspecified atom stereocenters. The molecule has 5 nitrogen and oxygen atoms in total. The van der Waals surface area contributed by atoms with Crippen molar-refractivity contribution in [2.75, 3.05) is 20.2 Å². The van der Waals surface area contributed by atoms with E-state index >= 15 is 0 Å². The molecule has 1 heterocycles. The zero-order valence-corrected chi connectivity index (χ0v) is 13.1. The average molecular weight is 305 g/mol. The molecule has 0 saturated carbocycles. The van der Waals surface area contributed by atoms with Crippen LogP contribution in [0.4, 0.5) is 0 Å². The van der Waals surface area contributed by atoms with Crippen molar-refractivity contribution in [1.29, 1.82) is 0 Å². The van der Waals surface area contributed by atoms with Crippen molar-refractivity contribution < 1.29 is 19.4 Å². The van der Waals surface area contributed by atoms with Gasteiger partial charge in [0.25, 0.3) is 0 Å². The van der Waals surface area contributed by atoms with Crippen LogP contribution in [0.2, 0.25) is 0 Å². The summed E-state index contributed by atoms with van der Waals surface area (Å²) in [6.45, 7) is 2.97. The van der Waals surface area contributed by atoms with E-state index in [9.17, 15) is 9.59 Å². The third-order valence-electron chi connectivity index (χ3n) is 4.27. The van der Waals surface area contributed by atoms with Crippen LogP contribution < -0.4 is 4.74 Å². The molecule has 1 N–H and O–H groups in total. The first kappa shape index (κ1) is 16.3. The Bertz CT molecular complexity index is 543. The molecule has 0 spiro atoms. The zero-order valence-electron chi connectivity index (χ0n) is 13.1. The van der Waals surface area contributed by atoms with Gasteiger partial charge in [-0.15, -0.1) is 0 Å². The first-order chi connectivity index (χ1) is 10.5. The quantitative estimate of drug-likeness (QED) is 0.907. The van der Waals surface area contributed by atoms with Crippen LogP contribution >= 0.6 is 0 Å². The van der Waals surface area contributed by atoms with E-state index in [0.717, 1.165) is 17.7 Å². The van der Waals surface area contributed by atoms with Crippen LogP contribution in [0.25, 0.3) is 0 Å². The Labute approximate surface area is 130 Å². The van der Waals surface area contributed by atoms with Crippen molar-refractivity contribution in [1.82, 2.24) is 4.90 Å². The molecule has 0 aromatic heterocycles. The second-order valence-corrected chi connectivity index (χ2v) is 5.86. The van der Waals surface area contributed by atoms with E-state index in [0.29, 0.717) is 25.9 Å². The maximum absolute atomic E-state index is 12.4. The van der Waals surface area contributed by atoms with Gasteiger partial charge in [0, 0.05) is 19.5 Å². The van der Waals surface area contributed by atoms with Gasteiger partial charge in [-0.05, 0) is 30.4 Å². The summed E-state index contributed by atoms with van der Waals surface area (Å²) >= 11 is 0. The van der Waals surface area contributed by atoms with E-state index in [1.807, 2.05) is 31.2 Å². The van der Waals surface area contributed by atoms with Gasteiger partial charge in [-0.1, -0.05) is 25.1 Å². The number of carboxylic acid groups (broad SMARTS) is 1. The molecule has 120 valence electrons. The highest BCUT2D eigenvalue weighted by Crippen LogP contribution is 2.29. The number of amides is 1. The van der Waals surface area contributed by atoms with Crippen molar-refractivity contribution in [3.63, 3.8) is 0 Å². The third-order valence-corrected chi connectivity index (χ3v) is 4.27. The van der Waals surface area contributed by atoms with Crippen LogP contribution in [0.1, 0.15) is 37.7 Å². The molecular weight excluding hydrogens is 282 g/mol. The van der Waals surface area contributed by atoms with Gasteiger partial charge in [0.05, 0.1) is 13.0 Å². The number of para-hydroxylation sites is 1. The minimum Gasteiger partial charge on any atom is -0.496 e. The molecule has 0 bridgehead atoms. The van der Waals surface area contributed by atoms with Gasteiger partial charge in [-0.2, -0.15) is 0 Å². The summed E-state index contributed by atoms with van der Waals surface area (Å²) in [4.78, 5) is 25.2. The SMILES string of the molecule is COc1ccccc1C(C)CC(=O)N1CCCC(C(=O)O)C1. The van der Waals surface area contributed by atoms with E-state index in [2.05, 4.69) is 0 Å². The predicted molar refractivity (Wildman–Crippen MR) is 83.0 cm³/mol. The molecule has 2 rings (SSSR count). The van der Waals surface area contributed by atoms with Gasteiger partial charge in [0.2, 0.25) is 5.91 Å². The topological polar surface area (TPSA) is 66.8 Å². The van der Waals surface area contributed by atoms with Crippen LogP contribution in [0.15, 0.2) is 24.3 Å². The van der Waals surface area contributed by atoms with Crippen molar-refractivity contribution in [3.05, 3.63) is 29.8 Å². The van der Waals surface area contributed by atoms with Gasteiger partial charge in [0.15, 0.2) is 0 Å². The molecule has 22 heavy (non-hydrogen) atoms. The number of rotatable bonds is 5. The molecule has 1 saturated heterocycles. The molecular formula is C17H23NO4. The molecule has 1 aliphatic rings. The van der Waals surface area contributed by atoms with Crippen LogP contribution in [0.5, 0.6) is 5.75 Å². The Morgan fingerprint density at radius 3 is 2.82 bits per heavy atom. The summed E-state index contributed by atoms with van der Waals surface area (Å²) in [5, 5.41) is 9.11. The van der Waals surface area contributed by atoms with Gasteiger partial charge < -0.3 is 14.7 Å². The number of hydrogen-bond donors (Lipinski definition) is 1. The Kier molecular flexibility index (Phi) is 5.41. The highest BCUT2D eigenvalue weighted by atomic mass is 16.5. The predicted octanol–water partition coefficient (Wildman–Crippen LogP) is 2.51. The summed E-state index contributed by atoms with van der Waals surface area (Å²) in [6, 6.07) is 7.68. The number of carbonyl (C=O) groups excluding carboxylic acids is 1. The first-order valence-corrected chi connectivity index (χ1v) is 7.66. The van der Waals surface area contributed by atoms with Crippen LogP contribution in [-0.2, 0) is 9.59 Å². The molecule has 1 aliphatic heterocycles. The highest BCUT2D eigenvalue weighted by molar-refractivity contribution is 5.78. The fourth-order valence-electron chi connectivity index (χ4n) is 2.98. The largest absolute Gasteiger partial charge is 0.496 e. The number of carbonyl (C=O) groups is 2. The number of nitrogens with zero attached hydrogens (tertiary/aromatic N) is 1. The minimum absolute atomic E-state index is 0.0179. The molecule has 0 aliphatic carbocycles. The average Bonchev–Trinajstić information content (AvgIpc) is 2.54. The Morgan fingerprint density at radius 2 is 2.14 bits per heavy atom. The molecule has 0 radical (unpaired) electrons. The lowest BCUT2D eigenvalue weighted by Gasteiger charge is -2.31. The third kappa shape index (κ3) is 3.78.